The van der Waals surface area contributed by atoms with Gasteiger partial charge in [-0.2, -0.15) is 0 Å². The Morgan fingerprint density at radius 3 is 2.25 bits per heavy atom. The molecule has 3 fully saturated rings. The third-order valence-corrected chi connectivity index (χ3v) is 9.27. The fraction of sp³-hybridized carbons (Fsp3) is 1.00. The van der Waals surface area contributed by atoms with Gasteiger partial charge in [-0.1, -0.05) is 0 Å². The Bertz CT molecular complexity index is 538. The summed E-state index contributed by atoms with van der Waals surface area (Å²) in [4.78, 5) is 0. The molecule has 3 aliphatic rings. The number of alkyl halides is 2. The third-order valence-electron chi connectivity index (χ3n) is 5.91. The van der Waals surface area contributed by atoms with Crippen LogP contribution in [0.2, 0.25) is 0 Å². The van der Waals surface area contributed by atoms with Crippen molar-refractivity contribution in [2.45, 2.75) is 53.8 Å². The van der Waals surface area contributed by atoms with E-state index >= 15 is 0 Å². The second-order valence-electron chi connectivity index (χ2n) is 7.37. The van der Waals surface area contributed by atoms with Gasteiger partial charge in [0.2, 0.25) is 10.0 Å². The number of aliphatic hydroxyl groups is 1. The lowest BCUT2D eigenvalue weighted by Gasteiger charge is -2.43. The lowest BCUT2D eigenvalue weighted by Crippen LogP contribution is -2.58. The molecule has 0 bridgehead atoms. The Balaban J connectivity index is 1.56. The van der Waals surface area contributed by atoms with Gasteiger partial charge in [0.15, 0.2) is 0 Å². The molecule has 24 heavy (non-hydrogen) atoms. The van der Waals surface area contributed by atoms with Crippen LogP contribution in [0.4, 0.5) is 0 Å². The first-order valence-corrected chi connectivity index (χ1v) is 11.1. The summed E-state index contributed by atoms with van der Waals surface area (Å²) in [5, 5.41) is 12.7. The van der Waals surface area contributed by atoms with Gasteiger partial charge < -0.3 is 16.2 Å². The van der Waals surface area contributed by atoms with Crippen molar-refractivity contribution in [3.05, 3.63) is 0 Å². The van der Waals surface area contributed by atoms with Crippen LogP contribution in [0, 0.1) is 11.8 Å². The zero-order valence-electron chi connectivity index (χ0n) is 13.7. The Hall–Kier alpha value is 0.370. The maximum absolute atomic E-state index is 12.5. The van der Waals surface area contributed by atoms with Crippen molar-refractivity contribution >= 4 is 33.2 Å². The lowest BCUT2D eigenvalue weighted by atomic mass is 9.74. The van der Waals surface area contributed by atoms with E-state index in [0.717, 1.165) is 12.8 Å². The van der Waals surface area contributed by atoms with Gasteiger partial charge in [0.1, 0.15) is 5.25 Å². The molecule has 1 aliphatic carbocycles. The van der Waals surface area contributed by atoms with Crippen LogP contribution in [0.5, 0.6) is 0 Å². The monoisotopic (exact) mass is 399 g/mol. The summed E-state index contributed by atoms with van der Waals surface area (Å²) in [6.45, 7) is 2.13. The average Bonchev–Trinajstić information content (AvgIpc) is 2.48. The first kappa shape index (κ1) is 19.1. The second kappa shape index (κ2) is 7.55. The minimum absolute atomic E-state index is 0.0634. The topological polar surface area (TPSA) is 95.7 Å². The Morgan fingerprint density at radius 2 is 1.71 bits per heavy atom. The van der Waals surface area contributed by atoms with Crippen LogP contribution in [-0.2, 0) is 10.0 Å². The number of hydrogen-bond acceptors (Lipinski definition) is 5. The summed E-state index contributed by atoms with van der Waals surface area (Å²) in [7, 11) is -3.18. The van der Waals surface area contributed by atoms with Crippen LogP contribution < -0.4 is 11.1 Å². The number of nitrogens with one attached hydrogen (secondary N) is 1. The number of nitrogens with zero attached hydrogens (tertiary/aromatic N) is 1. The molecule has 0 aromatic heterocycles. The molecule has 9 heteroatoms. The Morgan fingerprint density at radius 1 is 1.12 bits per heavy atom. The van der Waals surface area contributed by atoms with Crippen molar-refractivity contribution in [3.63, 3.8) is 0 Å². The van der Waals surface area contributed by atoms with Gasteiger partial charge in [-0.05, 0) is 31.6 Å². The predicted octanol–water partition coefficient (Wildman–Crippen LogP) is 0.313. The van der Waals surface area contributed by atoms with Gasteiger partial charge in [-0.25, -0.2) is 12.7 Å². The lowest BCUT2D eigenvalue weighted by molar-refractivity contribution is 0.0398. The van der Waals surface area contributed by atoms with E-state index in [1.54, 1.807) is 4.31 Å². The number of aliphatic hydroxyl groups excluding tert-OH is 1. The van der Waals surface area contributed by atoms with E-state index in [0.29, 0.717) is 39.0 Å². The first-order chi connectivity index (χ1) is 11.3. The normalized spacial score (nSPS) is 38.7. The molecule has 2 aliphatic heterocycles. The highest BCUT2D eigenvalue weighted by Gasteiger charge is 2.42. The number of rotatable bonds is 4. The molecule has 2 saturated heterocycles. The molecule has 140 valence electrons. The number of piperidine rings is 1. The molecule has 1 saturated carbocycles. The van der Waals surface area contributed by atoms with E-state index < -0.39 is 16.1 Å². The van der Waals surface area contributed by atoms with Crippen molar-refractivity contribution in [3.8, 4) is 0 Å². The minimum atomic E-state index is -3.18. The standard InChI is InChI=1S/C15H27Cl2N3O3S/c16-12-5-11(14(21)6-13(12)17)15(18)9-1-3-20(4-2-9)24(22,23)10-7-19-8-10/h9-15,19,21H,1-8,18H2/t11?,12?,13?,14?,15-/m1/s1. The quantitative estimate of drug-likeness (QED) is 0.591. The van der Waals surface area contributed by atoms with Crippen molar-refractivity contribution in [1.29, 1.82) is 0 Å². The molecule has 4 unspecified atom stereocenters. The molecule has 0 amide bonds. The molecule has 4 N–H and O–H groups in total. The fourth-order valence-electron chi connectivity index (χ4n) is 4.08. The van der Waals surface area contributed by atoms with Gasteiger partial charge in [0, 0.05) is 38.1 Å². The molecule has 6 nitrogen and oxygen atoms in total. The summed E-state index contributed by atoms with van der Waals surface area (Å²) < 4.78 is 26.5. The van der Waals surface area contributed by atoms with Crippen molar-refractivity contribution in [2.24, 2.45) is 17.6 Å². The maximum Gasteiger partial charge on any atom is 0.219 e. The van der Waals surface area contributed by atoms with Crippen LogP contribution in [0.25, 0.3) is 0 Å². The minimum Gasteiger partial charge on any atom is -0.393 e. The van der Waals surface area contributed by atoms with Gasteiger partial charge in [-0.3, -0.25) is 0 Å². The molecule has 0 radical (unpaired) electrons. The SMILES string of the molecule is N[C@H](C1CCN(S(=O)(=O)C2CNC2)CC1)C1CC(Cl)C(Cl)CC1O. The molecule has 0 aromatic carbocycles. The largest absolute Gasteiger partial charge is 0.393 e. The number of nitrogens with two attached hydrogens (primary N) is 1. The van der Waals surface area contributed by atoms with E-state index in [9.17, 15) is 13.5 Å². The van der Waals surface area contributed by atoms with Gasteiger partial charge in [0.25, 0.3) is 0 Å². The predicted molar refractivity (Wildman–Crippen MR) is 95.9 cm³/mol. The summed E-state index contributed by atoms with van der Waals surface area (Å²) in [6.07, 6.45) is 2.03. The van der Waals surface area contributed by atoms with Crippen molar-refractivity contribution in [2.75, 3.05) is 26.2 Å². The van der Waals surface area contributed by atoms with E-state index in [2.05, 4.69) is 5.32 Å². The van der Waals surface area contributed by atoms with E-state index in [-0.39, 0.29) is 33.9 Å². The van der Waals surface area contributed by atoms with Gasteiger partial charge in [0.05, 0.1) is 16.9 Å². The van der Waals surface area contributed by atoms with Crippen LogP contribution in [0.1, 0.15) is 25.7 Å². The smallest absolute Gasteiger partial charge is 0.219 e. The molecule has 3 rings (SSSR count). The average molecular weight is 400 g/mol. The first-order valence-electron chi connectivity index (χ1n) is 8.72. The van der Waals surface area contributed by atoms with Crippen molar-refractivity contribution < 1.29 is 13.5 Å². The zero-order valence-corrected chi connectivity index (χ0v) is 16.0. The molecule has 0 spiro atoms. The van der Waals surface area contributed by atoms with Crippen LogP contribution in [-0.4, -0.2) is 72.2 Å². The van der Waals surface area contributed by atoms with Crippen molar-refractivity contribution in [1.82, 2.24) is 9.62 Å². The molecular weight excluding hydrogens is 373 g/mol. The molecule has 0 aromatic rings. The second-order valence-corrected chi connectivity index (χ2v) is 10.7. The van der Waals surface area contributed by atoms with Gasteiger partial charge >= 0.3 is 0 Å². The molecule has 2 heterocycles. The number of sulfonamides is 1. The van der Waals surface area contributed by atoms with Crippen LogP contribution in [0.3, 0.4) is 0 Å². The third kappa shape index (κ3) is 3.72. The summed E-state index contributed by atoms with van der Waals surface area (Å²) in [6, 6.07) is -0.166. The maximum atomic E-state index is 12.5. The fourth-order valence-corrected chi connectivity index (χ4v) is 6.47. The Kier molecular flexibility index (Phi) is 6.02. The highest BCUT2D eigenvalue weighted by atomic mass is 35.5. The zero-order chi connectivity index (χ0) is 17.5. The Labute approximate surface area is 154 Å². The summed E-state index contributed by atoms with van der Waals surface area (Å²) in [5.74, 6) is 0.151. The van der Waals surface area contributed by atoms with Gasteiger partial charge in [-0.15, -0.1) is 23.2 Å². The number of halogens is 2. The molecule has 5 atom stereocenters. The van der Waals surface area contributed by atoms with Crippen LogP contribution >= 0.6 is 23.2 Å². The number of hydrogen-bond donors (Lipinski definition) is 3. The highest BCUT2D eigenvalue weighted by molar-refractivity contribution is 7.89. The summed E-state index contributed by atoms with van der Waals surface area (Å²) in [5.41, 5.74) is 6.43. The molecular formula is C15H27Cl2N3O3S. The highest BCUT2D eigenvalue weighted by Crippen LogP contribution is 2.37. The summed E-state index contributed by atoms with van der Waals surface area (Å²) >= 11 is 12.4. The van der Waals surface area contributed by atoms with E-state index in [1.165, 1.54) is 0 Å². The van der Waals surface area contributed by atoms with E-state index in [1.807, 2.05) is 0 Å². The van der Waals surface area contributed by atoms with E-state index in [4.69, 9.17) is 28.9 Å². The van der Waals surface area contributed by atoms with Crippen LogP contribution in [0.15, 0.2) is 0 Å².